The molecule has 3 heterocycles. The Bertz CT molecular complexity index is 1120. The van der Waals surface area contributed by atoms with E-state index in [4.69, 9.17) is 10.7 Å². The number of aromatic nitrogens is 4. The van der Waals surface area contributed by atoms with Crippen molar-refractivity contribution in [2.75, 3.05) is 18.8 Å². The van der Waals surface area contributed by atoms with Crippen LogP contribution < -0.4 is 5.73 Å². The quantitative estimate of drug-likeness (QED) is 0.570. The molecule has 0 bridgehead atoms. The Morgan fingerprint density at radius 1 is 1.18 bits per heavy atom. The highest BCUT2D eigenvalue weighted by atomic mass is 32.2. The number of aliphatic hydroxyl groups excluding tert-OH is 1. The average molecular weight is 469 g/mol. The van der Waals surface area contributed by atoms with Crippen molar-refractivity contribution in [1.82, 2.24) is 24.4 Å². The molecule has 1 amide bonds. The zero-order valence-electron chi connectivity index (χ0n) is 19.7. The maximum Gasteiger partial charge on any atom is 0.251 e. The molecule has 0 aromatic heterocycles. The van der Waals surface area contributed by atoms with Crippen LogP contribution in [0.4, 0.5) is 5.82 Å². The first-order valence-corrected chi connectivity index (χ1v) is 12.3. The molecule has 0 spiro atoms. The van der Waals surface area contributed by atoms with E-state index in [1.165, 1.54) is 23.6 Å². The van der Waals surface area contributed by atoms with Crippen LogP contribution in [-0.4, -0.2) is 54.6 Å². The molecule has 1 atom stereocenters. The predicted octanol–water partition coefficient (Wildman–Crippen LogP) is 3.45. The van der Waals surface area contributed by atoms with Gasteiger partial charge in [0, 0.05) is 24.5 Å². The third kappa shape index (κ3) is 5.14. The summed E-state index contributed by atoms with van der Waals surface area (Å²) < 4.78 is 2.03. The number of anilines is 1. The van der Waals surface area contributed by atoms with E-state index in [-0.39, 0.29) is 5.91 Å². The number of nitrogens with two attached hydrogens (primary N) is 1. The molecule has 1 aromatic carbocycles. The zero-order chi connectivity index (χ0) is 23.7. The SMILES string of the molecule is Cc1cc(C)c(Sc2nc3c(N)ncn(CCC4CCN(C(=O)C(C)O)CC4)c-3n2)cc1C. The van der Waals surface area contributed by atoms with Crippen molar-refractivity contribution in [3.63, 3.8) is 0 Å². The topological polar surface area (TPSA) is 110 Å². The Labute approximate surface area is 199 Å². The van der Waals surface area contributed by atoms with E-state index in [1.54, 1.807) is 23.0 Å². The van der Waals surface area contributed by atoms with E-state index in [0.29, 0.717) is 35.7 Å². The zero-order valence-corrected chi connectivity index (χ0v) is 20.5. The molecule has 176 valence electrons. The summed E-state index contributed by atoms with van der Waals surface area (Å²) in [5, 5.41) is 10.2. The van der Waals surface area contributed by atoms with E-state index in [2.05, 4.69) is 42.9 Å². The summed E-state index contributed by atoms with van der Waals surface area (Å²) >= 11 is 1.55. The number of likely N-dealkylation sites (tertiary alicyclic amines) is 1. The number of piperidine rings is 1. The summed E-state index contributed by atoms with van der Waals surface area (Å²) in [4.78, 5) is 28.7. The van der Waals surface area contributed by atoms with E-state index < -0.39 is 6.10 Å². The van der Waals surface area contributed by atoms with Crippen molar-refractivity contribution in [2.45, 2.75) is 69.7 Å². The number of nitrogen functional groups attached to an aromatic ring is 1. The molecule has 4 rings (SSSR count). The number of nitrogens with zero attached hydrogens (tertiary/aromatic N) is 5. The van der Waals surface area contributed by atoms with Crippen molar-refractivity contribution in [2.24, 2.45) is 5.92 Å². The normalized spacial score (nSPS) is 15.8. The third-order valence-electron chi connectivity index (χ3n) is 6.53. The summed E-state index contributed by atoms with van der Waals surface area (Å²) in [5.41, 5.74) is 10.5. The van der Waals surface area contributed by atoms with E-state index in [0.717, 1.165) is 36.5 Å². The molecule has 3 aliphatic rings. The van der Waals surface area contributed by atoms with E-state index in [9.17, 15) is 9.90 Å². The first-order chi connectivity index (χ1) is 15.7. The van der Waals surface area contributed by atoms with Crippen LogP contribution in [0, 0.1) is 26.7 Å². The Hall–Kier alpha value is -2.65. The number of amides is 1. The number of carbonyl (C=O) groups is 1. The van der Waals surface area contributed by atoms with Crippen LogP contribution in [0.15, 0.2) is 28.5 Å². The number of fused-ring (bicyclic) bond motifs is 1. The predicted molar refractivity (Wildman–Crippen MR) is 129 cm³/mol. The molecular formula is C24H32N6O2S. The third-order valence-corrected chi connectivity index (χ3v) is 7.55. The molecule has 3 N–H and O–H groups in total. The molecule has 8 nitrogen and oxygen atoms in total. The van der Waals surface area contributed by atoms with Gasteiger partial charge in [0.05, 0.1) is 6.33 Å². The highest BCUT2D eigenvalue weighted by Gasteiger charge is 2.26. The van der Waals surface area contributed by atoms with Crippen LogP contribution in [-0.2, 0) is 11.3 Å². The number of aryl methyl sites for hydroxylation is 4. The van der Waals surface area contributed by atoms with Crippen molar-refractivity contribution in [3.8, 4) is 11.5 Å². The van der Waals surface area contributed by atoms with Crippen molar-refractivity contribution in [3.05, 3.63) is 35.2 Å². The highest BCUT2D eigenvalue weighted by molar-refractivity contribution is 7.99. The summed E-state index contributed by atoms with van der Waals surface area (Å²) in [6, 6.07) is 4.37. The number of imidazole rings is 1. The summed E-state index contributed by atoms with van der Waals surface area (Å²) in [7, 11) is 0. The van der Waals surface area contributed by atoms with Crippen LogP contribution in [0.3, 0.4) is 0 Å². The Kier molecular flexibility index (Phi) is 6.90. The first-order valence-electron chi connectivity index (χ1n) is 11.4. The average Bonchev–Trinajstić information content (AvgIpc) is 3.21. The van der Waals surface area contributed by atoms with Crippen molar-refractivity contribution >= 4 is 23.5 Å². The van der Waals surface area contributed by atoms with Gasteiger partial charge in [-0.3, -0.25) is 4.79 Å². The minimum absolute atomic E-state index is 0.177. The number of benzene rings is 1. The van der Waals surface area contributed by atoms with Crippen molar-refractivity contribution < 1.29 is 9.90 Å². The molecule has 3 aliphatic heterocycles. The lowest BCUT2D eigenvalue weighted by Crippen LogP contribution is -2.43. The lowest BCUT2D eigenvalue weighted by molar-refractivity contribution is -0.140. The maximum atomic E-state index is 12.0. The molecule has 0 radical (unpaired) electrons. The molecule has 9 heteroatoms. The van der Waals surface area contributed by atoms with Gasteiger partial charge in [0.25, 0.3) is 5.91 Å². The fourth-order valence-corrected chi connectivity index (χ4v) is 5.23. The van der Waals surface area contributed by atoms with E-state index >= 15 is 0 Å². The minimum atomic E-state index is -0.929. The van der Waals surface area contributed by atoms with Gasteiger partial charge in [0.1, 0.15) is 6.10 Å². The fourth-order valence-electron chi connectivity index (χ4n) is 4.31. The summed E-state index contributed by atoms with van der Waals surface area (Å²) in [6.07, 6.45) is 3.65. The standard InChI is InChI=1S/C24H32N6O2S/c1-14-11-16(3)19(12-15(14)2)33-24-27-20-21(25)26-13-30(22(20)28-24)10-7-18-5-8-29(9-6-18)23(32)17(4)31/h11-13,17-18,31H,5-10,25H2,1-4H3. The van der Waals surface area contributed by atoms with Crippen LogP contribution >= 0.6 is 11.8 Å². The second-order valence-electron chi connectivity index (χ2n) is 9.04. The van der Waals surface area contributed by atoms with Crippen LogP contribution in [0.1, 0.15) is 42.9 Å². The fraction of sp³-hybridized carbons (Fsp3) is 0.500. The largest absolute Gasteiger partial charge is 0.384 e. The number of hydrogen-bond acceptors (Lipinski definition) is 7. The number of rotatable bonds is 6. The highest BCUT2D eigenvalue weighted by Crippen LogP contribution is 2.34. The van der Waals surface area contributed by atoms with Gasteiger partial charge in [-0.25, -0.2) is 15.0 Å². The molecule has 33 heavy (non-hydrogen) atoms. The van der Waals surface area contributed by atoms with Crippen molar-refractivity contribution in [1.29, 1.82) is 0 Å². The van der Waals surface area contributed by atoms with Gasteiger partial charge in [-0.05, 0) is 87.4 Å². The van der Waals surface area contributed by atoms with Gasteiger partial charge in [-0.15, -0.1) is 0 Å². The van der Waals surface area contributed by atoms with Gasteiger partial charge >= 0.3 is 0 Å². The monoisotopic (exact) mass is 468 g/mol. The summed E-state index contributed by atoms with van der Waals surface area (Å²) in [5.74, 6) is 1.48. The van der Waals surface area contributed by atoms with E-state index in [1.807, 2.05) is 4.57 Å². The number of hydrogen-bond donors (Lipinski definition) is 2. The molecule has 0 aliphatic carbocycles. The van der Waals surface area contributed by atoms with Gasteiger partial charge in [0.15, 0.2) is 22.5 Å². The second-order valence-corrected chi connectivity index (χ2v) is 10.0. The molecule has 0 saturated carbocycles. The number of aliphatic hydroxyl groups is 1. The molecule has 1 saturated heterocycles. The lowest BCUT2D eigenvalue weighted by atomic mass is 9.93. The first kappa shape index (κ1) is 23.5. The van der Waals surface area contributed by atoms with Gasteiger partial charge < -0.3 is 20.3 Å². The van der Waals surface area contributed by atoms with Gasteiger partial charge in [-0.1, -0.05) is 6.07 Å². The van der Waals surface area contributed by atoms with Crippen LogP contribution in [0.5, 0.6) is 0 Å². The van der Waals surface area contributed by atoms with Gasteiger partial charge in [-0.2, -0.15) is 0 Å². The summed E-state index contributed by atoms with van der Waals surface area (Å²) in [6.45, 7) is 10.0. The minimum Gasteiger partial charge on any atom is -0.384 e. The molecular weight excluding hydrogens is 436 g/mol. The Morgan fingerprint density at radius 2 is 1.88 bits per heavy atom. The molecule has 1 unspecified atom stereocenters. The van der Waals surface area contributed by atoms with Crippen LogP contribution in [0.25, 0.3) is 11.5 Å². The van der Waals surface area contributed by atoms with Gasteiger partial charge in [0.2, 0.25) is 0 Å². The van der Waals surface area contributed by atoms with Crippen LogP contribution in [0.2, 0.25) is 0 Å². The Morgan fingerprint density at radius 3 is 2.58 bits per heavy atom. The molecule has 1 fully saturated rings. The number of carbonyl (C=O) groups excluding carboxylic acids is 1. The Balaban J connectivity index is 1.45. The molecule has 1 aromatic rings. The maximum absolute atomic E-state index is 12.0. The second kappa shape index (κ2) is 9.69. The lowest BCUT2D eigenvalue weighted by Gasteiger charge is -2.33. The smallest absolute Gasteiger partial charge is 0.251 e.